The Balaban J connectivity index is 2.00. The average Bonchev–Trinajstić information content (AvgIpc) is 2.46. The Kier molecular flexibility index (Phi) is 3.53. The van der Waals surface area contributed by atoms with Crippen molar-refractivity contribution < 1.29 is 0 Å². The van der Waals surface area contributed by atoms with Gasteiger partial charge in [0.2, 0.25) is 0 Å². The molecule has 1 aromatic heterocycles. The Labute approximate surface area is 120 Å². The third kappa shape index (κ3) is 2.34. The van der Waals surface area contributed by atoms with Crippen LogP contribution in [0.4, 0.5) is 0 Å². The summed E-state index contributed by atoms with van der Waals surface area (Å²) in [5.41, 5.74) is 10.8. The zero-order valence-electron chi connectivity index (χ0n) is 12.1. The third-order valence-corrected chi connectivity index (χ3v) is 4.21. The molecular weight excluding hydrogens is 246 g/mol. The summed E-state index contributed by atoms with van der Waals surface area (Å²) in [5, 5.41) is 0. The first-order chi connectivity index (χ1) is 9.66. The predicted molar refractivity (Wildman–Crippen MR) is 80.6 cm³/mol. The van der Waals surface area contributed by atoms with Crippen molar-refractivity contribution >= 4 is 0 Å². The van der Waals surface area contributed by atoms with Gasteiger partial charge in [-0.15, -0.1) is 0 Å². The van der Waals surface area contributed by atoms with Gasteiger partial charge >= 0.3 is 0 Å². The van der Waals surface area contributed by atoms with Crippen molar-refractivity contribution in [2.45, 2.75) is 45.1 Å². The molecule has 0 bridgehead atoms. The molecule has 3 rings (SSSR count). The topological polar surface area (TPSA) is 51.8 Å². The number of hydrogen-bond donors (Lipinski definition) is 1. The van der Waals surface area contributed by atoms with Gasteiger partial charge in [-0.2, -0.15) is 0 Å². The molecule has 1 aliphatic carbocycles. The van der Waals surface area contributed by atoms with Crippen LogP contribution in [0.3, 0.4) is 0 Å². The maximum Gasteiger partial charge on any atom is 0.135 e. The molecule has 0 saturated heterocycles. The van der Waals surface area contributed by atoms with Crippen LogP contribution in [0, 0.1) is 6.92 Å². The molecule has 104 valence electrons. The second-order valence-corrected chi connectivity index (χ2v) is 5.70. The maximum absolute atomic E-state index is 5.94. The first kappa shape index (κ1) is 13.3. The Bertz CT molecular complexity index is 619. The minimum atomic E-state index is -0.0114. The highest BCUT2D eigenvalue weighted by atomic mass is 14.9. The van der Waals surface area contributed by atoms with Gasteiger partial charge in [0.1, 0.15) is 5.82 Å². The van der Waals surface area contributed by atoms with Crippen LogP contribution < -0.4 is 5.73 Å². The van der Waals surface area contributed by atoms with Crippen LogP contribution in [0.5, 0.6) is 0 Å². The molecule has 0 radical (unpaired) electrons. The number of benzene rings is 1. The molecule has 0 fully saturated rings. The van der Waals surface area contributed by atoms with Crippen molar-refractivity contribution in [2.24, 2.45) is 5.73 Å². The fraction of sp³-hybridized carbons (Fsp3) is 0.412. The van der Waals surface area contributed by atoms with E-state index in [9.17, 15) is 0 Å². The Hall–Kier alpha value is -1.74. The standard InChI is InChI=1S/C17H21N3/c1-11(18)16-10-19-17(20-12(16)2)15-9-5-7-13-6-3-4-8-14(13)15/h3-4,6,8,10-11,15H,5,7,9,18H2,1-2H3. The molecule has 2 atom stereocenters. The van der Waals surface area contributed by atoms with Gasteiger partial charge in [0.05, 0.1) is 0 Å². The van der Waals surface area contributed by atoms with Crippen LogP contribution in [-0.2, 0) is 6.42 Å². The number of aromatic nitrogens is 2. The molecule has 20 heavy (non-hydrogen) atoms. The molecule has 2 aromatic rings. The van der Waals surface area contributed by atoms with E-state index in [4.69, 9.17) is 10.7 Å². The van der Waals surface area contributed by atoms with Gasteiger partial charge in [0.15, 0.2) is 0 Å². The fourth-order valence-corrected chi connectivity index (χ4v) is 3.13. The summed E-state index contributed by atoms with van der Waals surface area (Å²) in [5.74, 6) is 1.28. The van der Waals surface area contributed by atoms with Crippen molar-refractivity contribution in [3.63, 3.8) is 0 Å². The summed E-state index contributed by atoms with van der Waals surface area (Å²) < 4.78 is 0. The fourth-order valence-electron chi connectivity index (χ4n) is 3.13. The van der Waals surface area contributed by atoms with Gasteiger partial charge in [0.25, 0.3) is 0 Å². The van der Waals surface area contributed by atoms with Crippen molar-refractivity contribution in [3.8, 4) is 0 Å². The number of fused-ring (bicyclic) bond motifs is 1. The monoisotopic (exact) mass is 267 g/mol. The lowest BCUT2D eigenvalue weighted by atomic mass is 9.82. The van der Waals surface area contributed by atoms with Crippen LogP contribution in [0.15, 0.2) is 30.5 Å². The Morgan fingerprint density at radius 3 is 2.85 bits per heavy atom. The van der Waals surface area contributed by atoms with E-state index >= 15 is 0 Å². The third-order valence-electron chi connectivity index (χ3n) is 4.21. The summed E-state index contributed by atoms with van der Waals surface area (Å²) in [7, 11) is 0. The number of nitrogens with two attached hydrogens (primary N) is 1. The highest BCUT2D eigenvalue weighted by Crippen LogP contribution is 2.35. The molecule has 1 heterocycles. The first-order valence-electron chi connectivity index (χ1n) is 7.33. The molecule has 1 aromatic carbocycles. The molecule has 0 amide bonds. The highest BCUT2D eigenvalue weighted by molar-refractivity contribution is 5.36. The molecule has 2 N–H and O–H groups in total. The number of hydrogen-bond acceptors (Lipinski definition) is 3. The van der Waals surface area contributed by atoms with Crippen LogP contribution in [0.2, 0.25) is 0 Å². The average molecular weight is 267 g/mol. The lowest BCUT2D eigenvalue weighted by Gasteiger charge is -2.25. The van der Waals surface area contributed by atoms with Gasteiger partial charge in [-0.3, -0.25) is 0 Å². The second-order valence-electron chi connectivity index (χ2n) is 5.70. The molecule has 0 saturated carbocycles. The molecule has 3 heteroatoms. The van der Waals surface area contributed by atoms with E-state index in [-0.39, 0.29) is 6.04 Å². The Morgan fingerprint density at radius 1 is 1.30 bits per heavy atom. The van der Waals surface area contributed by atoms with Crippen LogP contribution in [0.1, 0.15) is 59.9 Å². The smallest absolute Gasteiger partial charge is 0.135 e. The Morgan fingerprint density at radius 2 is 2.10 bits per heavy atom. The van der Waals surface area contributed by atoms with Gasteiger partial charge < -0.3 is 5.73 Å². The molecular formula is C17H21N3. The molecule has 2 unspecified atom stereocenters. The normalized spacial score (nSPS) is 19.4. The van der Waals surface area contributed by atoms with E-state index in [1.807, 2.05) is 20.0 Å². The lowest BCUT2D eigenvalue weighted by Crippen LogP contribution is -2.16. The molecule has 0 spiro atoms. The number of nitrogens with zero attached hydrogens (tertiary/aromatic N) is 2. The quantitative estimate of drug-likeness (QED) is 0.908. The zero-order valence-corrected chi connectivity index (χ0v) is 12.1. The highest BCUT2D eigenvalue weighted by Gasteiger charge is 2.24. The van der Waals surface area contributed by atoms with Gasteiger partial charge in [-0.05, 0) is 44.2 Å². The summed E-state index contributed by atoms with van der Waals surface area (Å²) in [6, 6.07) is 8.66. The minimum Gasteiger partial charge on any atom is -0.324 e. The number of rotatable bonds is 2. The van der Waals surface area contributed by atoms with Crippen LogP contribution in [-0.4, -0.2) is 9.97 Å². The molecule has 3 nitrogen and oxygen atoms in total. The van der Waals surface area contributed by atoms with E-state index in [0.29, 0.717) is 5.92 Å². The van der Waals surface area contributed by atoms with Gasteiger partial charge in [-0.1, -0.05) is 24.3 Å². The lowest BCUT2D eigenvalue weighted by molar-refractivity contribution is 0.586. The predicted octanol–water partition coefficient (Wildman–Crippen LogP) is 3.27. The zero-order chi connectivity index (χ0) is 14.1. The summed E-state index contributed by atoms with van der Waals surface area (Å²) in [6.07, 6.45) is 5.41. The van der Waals surface area contributed by atoms with Crippen molar-refractivity contribution in [1.29, 1.82) is 0 Å². The summed E-state index contributed by atoms with van der Waals surface area (Å²) in [6.45, 7) is 4.00. The largest absolute Gasteiger partial charge is 0.324 e. The van der Waals surface area contributed by atoms with E-state index in [2.05, 4.69) is 29.2 Å². The summed E-state index contributed by atoms with van der Waals surface area (Å²) >= 11 is 0. The van der Waals surface area contributed by atoms with Gasteiger partial charge in [0, 0.05) is 29.4 Å². The molecule has 0 aliphatic heterocycles. The van der Waals surface area contributed by atoms with Crippen LogP contribution >= 0.6 is 0 Å². The minimum absolute atomic E-state index is 0.0114. The van der Waals surface area contributed by atoms with Crippen molar-refractivity contribution in [2.75, 3.05) is 0 Å². The maximum atomic E-state index is 5.94. The SMILES string of the molecule is Cc1nc(C2CCCc3ccccc32)ncc1C(C)N. The molecule has 1 aliphatic rings. The van der Waals surface area contributed by atoms with E-state index in [1.54, 1.807) is 0 Å². The first-order valence-corrected chi connectivity index (χ1v) is 7.33. The van der Waals surface area contributed by atoms with E-state index in [0.717, 1.165) is 23.5 Å². The van der Waals surface area contributed by atoms with Crippen LogP contribution in [0.25, 0.3) is 0 Å². The van der Waals surface area contributed by atoms with Crippen molar-refractivity contribution in [3.05, 3.63) is 58.7 Å². The second kappa shape index (κ2) is 5.33. The summed E-state index contributed by atoms with van der Waals surface area (Å²) in [4.78, 5) is 9.32. The van der Waals surface area contributed by atoms with E-state index in [1.165, 1.54) is 24.0 Å². The number of aryl methyl sites for hydroxylation is 2. The van der Waals surface area contributed by atoms with E-state index < -0.39 is 0 Å². The van der Waals surface area contributed by atoms with Crippen molar-refractivity contribution in [1.82, 2.24) is 9.97 Å². The van der Waals surface area contributed by atoms with Gasteiger partial charge in [-0.25, -0.2) is 9.97 Å².